The van der Waals surface area contributed by atoms with Gasteiger partial charge in [-0.15, -0.1) is 0 Å². The molecule has 0 bridgehead atoms. The van der Waals surface area contributed by atoms with E-state index in [1.807, 2.05) is 0 Å². The fourth-order valence-corrected chi connectivity index (χ4v) is 2.24. The lowest BCUT2D eigenvalue weighted by molar-refractivity contribution is -0.140. The maximum absolute atomic E-state index is 12.3. The van der Waals surface area contributed by atoms with Crippen molar-refractivity contribution >= 4 is 30.3 Å². The van der Waals surface area contributed by atoms with Gasteiger partial charge in [0.15, 0.2) is 11.7 Å². The molecule has 1 amide bonds. The lowest BCUT2D eigenvalue weighted by atomic mass is 9.70. The number of rotatable bonds is 2. The van der Waals surface area contributed by atoms with E-state index in [1.165, 1.54) is 6.07 Å². The van der Waals surface area contributed by atoms with E-state index in [2.05, 4.69) is 10.5 Å². The summed E-state index contributed by atoms with van der Waals surface area (Å²) in [7, 11) is -1.35. The van der Waals surface area contributed by atoms with Gasteiger partial charge in [0, 0.05) is 11.5 Å². The van der Waals surface area contributed by atoms with Crippen LogP contribution in [0.3, 0.4) is 0 Å². The minimum Gasteiger partial charge on any atom is -0.505 e. The van der Waals surface area contributed by atoms with Gasteiger partial charge in [0.1, 0.15) is 5.76 Å². The summed E-state index contributed by atoms with van der Waals surface area (Å²) >= 11 is 0. The molecular formula is C13H11BN2O5. The zero-order chi connectivity index (χ0) is 15.0. The Hall–Kier alpha value is -2.61. The maximum atomic E-state index is 12.3. The molecule has 7 nitrogen and oxygen atoms in total. The van der Waals surface area contributed by atoms with E-state index in [-0.39, 0.29) is 5.82 Å². The molecule has 1 aliphatic heterocycles. The van der Waals surface area contributed by atoms with Crippen LogP contribution in [-0.4, -0.2) is 29.2 Å². The first-order valence-corrected chi connectivity index (χ1v) is 6.28. The van der Waals surface area contributed by atoms with Crippen LogP contribution in [0.1, 0.15) is 17.2 Å². The van der Waals surface area contributed by atoms with Crippen molar-refractivity contribution in [3.8, 4) is 0 Å². The number of aromatic nitrogens is 1. The smallest absolute Gasteiger partial charge is 0.505 e. The first-order valence-electron chi connectivity index (χ1n) is 6.28. The Bertz CT molecular complexity index is 714. The minimum atomic E-state index is -1.35. The molecule has 0 radical (unpaired) electrons. The predicted molar refractivity (Wildman–Crippen MR) is 72.8 cm³/mol. The highest BCUT2D eigenvalue weighted by Crippen LogP contribution is 2.23. The van der Waals surface area contributed by atoms with Crippen LogP contribution in [0.2, 0.25) is 0 Å². The van der Waals surface area contributed by atoms with Gasteiger partial charge < -0.3 is 19.5 Å². The summed E-state index contributed by atoms with van der Waals surface area (Å²) in [6, 6.07) is 8.12. The fourth-order valence-electron chi connectivity index (χ4n) is 2.24. The SMILES string of the molecule is Cc1cc(NC(=O)C2C(=O)OB(O)c3ccccc32)no1. The molecule has 8 heteroatoms. The van der Waals surface area contributed by atoms with Crippen LogP contribution in [0, 0.1) is 6.92 Å². The monoisotopic (exact) mass is 286 g/mol. The molecule has 1 atom stereocenters. The van der Waals surface area contributed by atoms with Crippen LogP contribution in [-0.2, 0) is 14.2 Å². The zero-order valence-electron chi connectivity index (χ0n) is 11.1. The molecule has 0 aliphatic carbocycles. The Morgan fingerprint density at radius 1 is 1.43 bits per heavy atom. The van der Waals surface area contributed by atoms with E-state index in [0.717, 1.165) is 0 Å². The largest absolute Gasteiger partial charge is 0.562 e. The third kappa shape index (κ3) is 2.41. The lowest BCUT2D eigenvalue weighted by Gasteiger charge is -2.24. The minimum absolute atomic E-state index is 0.217. The highest BCUT2D eigenvalue weighted by atomic mass is 16.6. The molecule has 0 saturated heterocycles. The number of hydrogen-bond donors (Lipinski definition) is 2. The third-order valence-electron chi connectivity index (χ3n) is 3.18. The number of fused-ring (bicyclic) bond motifs is 1. The number of nitrogens with zero attached hydrogens (tertiary/aromatic N) is 1. The van der Waals surface area contributed by atoms with Gasteiger partial charge in [0.25, 0.3) is 0 Å². The van der Waals surface area contributed by atoms with Crippen LogP contribution in [0.4, 0.5) is 5.82 Å². The van der Waals surface area contributed by atoms with E-state index in [9.17, 15) is 14.6 Å². The van der Waals surface area contributed by atoms with Crippen molar-refractivity contribution in [2.45, 2.75) is 12.8 Å². The fraction of sp³-hybridized carbons (Fsp3) is 0.154. The molecule has 1 unspecified atom stereocenters. The Kier molecular flexibility index (Phi) is 3.22. The van der Waals surface area contributed by atoms with Crippen molar-refractivity contribution in [3.05, 3.63) is 41.7 Å². The number of aryl methyl sites for hydroxylation is 1. The molecule has 21 heavy (non-hydrogen) atoms. The van der Waals surface area contributed by atoms with Crippen molar-refractivity contribution < 1.29 is 23.8 Å². The van der Waals surface area contributed by atoms with Gasteiger partial charge in [-0.2, -0.15) is 0 Å². The quantitative estimate of drug-likeness (QED) is 0.593. The molecule has 1 aromatic heterocycles. The lowest BCUT2D eigenvalue weighted by Crippen LogP contribution is -2.48. The van der Waals surface area contributed by atoms with Crippen LogP contribution < -0.4 is 10.8 Å². The zero-order valence-corrected chi connectivity index (χ0v) is 11.1. The molecule has 106 valence electrons. The van der Waals surface area contributed by atoms with Crippen molar-refractivity contribution in [1.29, 1.82) is 0 Å². The first-order chi connectivity index (χ1) is 10.1. The summed E-state index contributed by atoms with van der Waals surface area (Å²) in [5, 5.41) is 15.9. The van der Waals surface area contributed by atoms with Gasteiger partial charge in [0.05, 0.1) is 0 Å². The van der Waals surface area contributed by atoms with Gasteiger partial charge in [-0.25, -0.2) is 0 Å². The average molecular weight is 286 g/mol. The molecule has 2 aromatic rings. The Morgan fingerprint density at radius 2 is 2.19 bits per heavy atom. The van der Waals surface area contributed by atoms with Crippen LogP contribution in [0.25, 0.3) is 0 Å². The Labute approximate surface area is 120 Å². The van der Waals surface area contributed by atoms with Crippen LogP contribution >= 0.6 is 0 Å². The molecule has 0 saturated carbocycles. The van der Waals surface area contributed by atoms with Crippen molar-refractivity contribution in [3.63, 3.8) is 0 Å². The number of anilines is 1. The summed E-state index contributed by atoms with van der Waals surface area (Å²) in [5.41, 5.74) is 0.813. The summed E-state index contributed by atoms with van der Waals surface area (Å²) in [6.45, 7) is 1.68. The molecular weight excluding hydrogens is 275 g/mol. The van der Waals surface area contributed by atoms with E-state index >= 15 is 0 Å². The van der Waals surface area contributed by atoms with Crippen molar-refractivity contribution in [2.75, 3.05) is 5.32 Å². The number of carbonyl (C=O) groups excluding carboxylic acids is 2. The van der Waals surface area contributed by atoms with E-state index in [1.54, 1.807) is 31.2 Å². The second-order valence-electron chi connectivity index (χ2n) is 4.66. The summed E-state index contributed by atoms with van der Waals surface area (Å²) in [4.78, 5) is 24.2. The highest BCUT2D eigenvalue weighted by Gasteiger charge is 2.42. The topological polar surface area (TPSA) is 102 Å². The number of hydrogen-bond acceptors (Lipinski definition) is 6. The van der Waals surface area contributed by atoms with Crippen molar-refractivity contribution in [1.82, 2.24) is 5.16 Å². The van der Waals surface area contributed by atoms with Gasteiger partial charge in [0.2, 0.25) is 5.91 Å². The van der Waals surface area contributed by atoms with Gasteiger partial charge >= 0.3 is 13.1 Å². The standard InChI is InChI=1S/C13H11BN2O5/c1-7-6-10(16-21-7)15-12(17)11-8-4-2-3-5-9(8)14(19)20-13(11)18/h2-6,11,19H,1H3,(H,15,16,17). The van der Waals surface area contributed by atoms with E-state index in [4.69, 9.17) is 9.18 Å². The summed E-state index contributed by atoms with van der Waals surface area (Å²) in [5.74, 6) is -1.80. The molecule has 0 fully saturated rings. The molecule has 3 rings (SSSR count). The predicted octanol–water partition coefficient (Wildman–Crippen LogP) is -0.0504. The highest BCUT2D eigenvalue weighted by molar-refractivity contribution is 6.63. The van der Waals surface area contributed by atoms with Crippen LogP contribution in [0.5, 0.6) is 0 Å². The van der Waals surface area contributed by atoms with Gasteiger partial charge in [-0.1, -0.05) is 29.4 Å². The normalized spacial score (nSPS) is 17.1. The van der Waals surface area contributed by atoms with E-state index in [0.29, 0.717) is 16.8 Å². The number of benzene rings is 1. The molecule has 0 spiro atoms. The summed E-state index contributed by atoms with van der Waals surface area (Å²) in [6.07, 6.45) is 0. The Balaban J connectivity index is 1.92. The number of carbonyl (C=O) groups is 2. The maximum Gasteiger partial charge on any atom is 0.562 e. The van der Waals surface area contributed by atoms with Crippen LogP contribution in [0.15, 0.2) is 34.9 Å². The second-order valence-corrected chi connectivity index (χ2v) is 4.66. The Morgan fingerprint density at radius 3 is 2.90 bits per heavy atom. The average Bonchev–Trinajstić information content (AvgIpc) is 2.84. The summed E-state index contributed by atoms with van der Waals surface area (Å²) < 4.78 is 9.65. The van der Waals surface area contributed by atoms with Crippen molar-refractivity contribution in [2.24, 2.45) is 0 Å². The molecule has 1 aliphatic rings. The van der Waals surface area contributed by atoms with Gasteiger partial charge in [-0.05, 0) is 12.5 Å². The second kappa shape index (κ2) is 5.06. The van der Waals surface area contributed by atoms with Gasteiger partial charge in [-0.3, -0.25) is 9.59 Å². The number of nitrogens with one attached hydrogen (secondary N) is 1. The third-order valence-corrected chi connectivity index (χ3v) is 3.18. The molecule has 1 aromatic carbocycles. The van der Waals surface area contributed by atoms with E-state index < -0.39 is 24.9 Å². The number of amides is 1. The molecule has 2 N–H and O–H groups in total. The first kappa shape index (κ1) is 13.4. The molecule has 2 heterocycles.